The largest absolute Gasteiger partial charge is 0.376 e. The molecule has 2 N–H and O–H groups in total. The highest BCUT2D eigenvalue weighted by Crippen LogP contribution is 2.41. The van der Waals surface area contributed by atoms with Crippen LogP contribution in [-0.4, -0.2) is 24.2 Å². The topological polar surface area (TPSA) is 35.2 Å². The molecule has 2 fully saturated rings. The van der Waals surface area contributed by atoms with Gasteiger partial charge in [0.2, 0.25) is 5.92 Å². The molecular formula is C11H19F2NO. The number of alkyl halides is 2. The van der Waals surface area contributed by atoms with Crippen molar-refractivity contribution in [1.82, 2.24) is 0 Å². The van der Waals surface area contributed by atoms with E-state index in [1.165, 1.54) is 0 Å². The zero-order valence-corrected chi connectivity index (χ0v) is 8.98. The quantitative estimate of drug-likeness (QED) is 0.735. The predicted octanol–water partition coefficient (Wildman–Crippen LogP) is 2.46. The maximum atomic E-state index is 13.0. The number of hydrogen-bond donors (Lipinski definition) is 1. The van der Waals surface area contributed by atoms with Crippen LogP contribution >= 0.6 is 0 Å². The average molecular weight is 219 g/mol. The SMILES string of the molecule is NC1(C2CCCCO2)CCC(F)(F)CC1. The van der Waals surface area contributed by atoms with Gasteiger partial charge in [-0.25, -0.2) is 8.78 Å². The van der Waals surface area contributed by atoms with Crippen molar-refractivity contribution in [2.24, 2.45) is 5.73 Å². The molecule has 1 heterocycles. The maximum Gasteiger partial charge on any atom is 0.248 e. The van der Waals surface area contributed by atoms with E-state index in [4.69, 9.17) is 10.5 Å². The standard InChI is InChI=1S/C11H19F2NO/c12-11(13)6-4-10(14,5-7-11)9-3-1-2-8-15-9/h9H,1-8,14H2. The molecule has 2 aliphatic rings. The van der Waals surface area contributed by atoms with Crippen molar-refractivity contribution in [3.8, 4) is 0 Å². The Morgan fingerprint density at radius 2 is 1.73 bits per heavy atom. The van der Waals surface area contributed by atoms with Crippen molar-refractivity contribution in [2.45, 2.75) is 62.5 Å². The minimum atomic E-state index is -2.50. The summed E-state index contributed by atoms with van der Waals surface area (Å²) in [7, 11) is 0. The fourth-order valence-corrected chi connectivity index (χ4v) is 2.60. The average Bonchev–Trinajstić information content (AvgIpc) is 2.24. The maximum absolute atomic E-state index is 13.0. The molecule has 2 rings (SSSR count). The smallest absolute Gasteiger partial charge is 0.248 e. The zero-order valence-electron chi connectivity index (χ0n) is 8.98. The lowest BCUT2D eigenvalue weighted by Gasteiger charge is -2.43. The fourth-order valence-electron chi connectivity index (χ4n) is 2.60. The number of hydrogen-bond acceptors (Lipinski definition) is 2. The highest BCUT2D eigenvalue weighted by molar-refractivity contribution is 4.99. The molecular weight excluding hydrogens is 200 g/mol. The molecule has 88 valence electrons. The molecule has 0 bridgehead atoms. The second-order valence-electron chi connectivity index (χ2n) is 4.94. The number of nitrogens with two attached hydrogens (primary N) is 1. The van der Waals surface area contributed by atoms with E-state index in [1.807, 2.05) is 0 Å². The highest BCUT2D eigenvalue weighted by Gasteiger charge is 2.45. The van der Waals surface area contributed by atoms with Gasteiger partial charge in [0.25, 0.3) is 0 Å². The molecule has 1 saturated heterocycles. The third kappa shape index (κ3) is 2.48. The first-order valence-electron chi connectivity index (χ1n) is 5.80. The Labute approximate surface area is 89.2 Å². The second kappa shape index (κ2) is 3.98. The minimum absolute atomic E-state index is 0.00218. The predicted molar refractivity (Wildman–Crippen MR) is 53.9 cm³/mol. The van der Waals surface area contributed by atoms with Crippen LogP contribution in [0.15, 0.2) is 0 Å². The summed E-state index contributed by atoms with van der Waals surface area (Å²) in [6, 6.07) is 0. The van der Waals surface area contributed by atoms with Gasteiger partial charge in [-0.1, -0.05) is 0 Å². The molecule has 0 amide bonds. The Hall–Kier alpha value is -0.220. The van der Waals surface area contributed by atoms with Crippen LogP contribution in [0.1, 0.15) is 44.9 Å². The lowest BCUT2D eigenvalue weighted by molar-refractivity contribution is -0.0952. The van der Waals surface area contributed by atoms with E-state index in [0.29, 0.717) is 12.8 Å². The van der Waals surface area contributed by atoms with Gasteiger partial charge in [0.05, 0.1) is 6.10 Å². The van der Waals surface area contributed by atoms with E-state index in [0.717, 1.165) is 25.9 Å². The molecule has 0 spiro atoms. The summed E-state index contributed by atoms with van der Waals surface area (Å²) in [4.78, 5) is 0. The van der Waals surface area contributed by atoms with E-state index in [-0.39, 0.29) is 18.9 Å². The van der Waals surface area contributed by atoms with E-state index < -0.39 is 11.5 Å². The van der Waals surface area contributed by atoms with Gasteiger partial charge in [-0.3, -0.25) is 0 Å². The first kappa shape index (κ1) is 11.3. The highest BCUT2D eigenvalue weighted by atomic mass is 19.3. The summed E-state index contributed by atoms with van der Waals surface area (Å²) in [5.41, 5.74) is 5.70. The molecule has 1 saturated carbocycles. The van der Waals surface area contributed by atoms with Crippen LogP contribution in [0.4, 0.5) is 8.78 Å². The normalized spacial score (nSPS) is 35.0. The van der Waals surface area contributed by atoms with E-state index in [1.54, 1.807) is 0 Å². The number of halogens is 2. The van der Waals surface area contributed by atoms with Crippen molar-refractivity contribution in [2.75, 3.05) is 6.61 Å². The molecule has 4 heteroatoms. The summed E-state index contributed by atoms with van der Waals surface area (Å²) in [6.45, 7) is 0.736. The lowest BCUT2D eigenvalue weighted by atomic mass is 9.75. The van der Waals surface area contributed by atoms with E-state index in [2.05, 4.69) is 0 Å². The van der Waals surface area contributed by atoms with Gasteiger partial charge in [0, 0.05) is 25.0 Å². The fraction of sp³-hybridized carbons (Fsp3) is 1.00. The Morgan fingerprint density at radius 3 is 2.27 bits per heavy atom. The Bertz CT molecular complexity index is 217. The second-order valence-corrected chi connectivity index (χ2v) is 4.94. The number of ether oxygens (including phenoxy) is 1. The third-order valence-electron chi connectivity index (χ3n) is 3.73. The van der Waals surface area contributed by atoms with Crippen molar-refractivity contribution < 1.29 is 13.5 Å². The van der Waals surface area contributed by atoms with Crippen LogP contribution in [0.5, 0.6) is 0 Å². The van der Waals surface area contributed by atoms with Crippen LogP contribution in [-0.2, 0) is 4.74 Å². The third-order valence-corrected chi connectivity index (χ3v) is 3.73. The van der Waals surface area contributed by atoms with Gasteiger partial charge in [-0.05, 0) is 32.1 Å². The molecule has 0 aromatic carbocycles. The first-order valence-corrected chi connectivity index (χ1v) is 5.80. The molecule has 15 heavy (non-hydrogen) atoms. The van der Waals surface area contributed by atoms with Gasteiger partial charge in [0.15, 0.2) is 0 Å². The molecule has 0 aromatic heterocycles. The van der Waals surface area contributed by atoms with Crippen molar-refractivity contribution in [3.63, 3.8) is 0 Å². The monoisotopic (exact) mass is 219 g/mol. The molecule has 1 aliphatic heterocycles. The lowest BCUT2D eigenvalue weighted by Crippen LogP contribution is -2.56. The van der Waals surface area contributed by atoms with Crippen molar-refractivity contribution in [3.05, 3.63) is 0 Å². The van der Waals surface area contributed by atoms with Crippen LogP contribution < -0.4 is 5.73 Å². The van der Waals surface area contributed by atoms with Gasteiger partial charge < -0.3 is 10.5 Å². The summed E-state index contributed by atoms with van der Waals surface area (Å²) < 4.78 is 31.7. The molecule has 1 aliphatic carbocycles. The Kier molecular flexibility index (Phi) is 2.99. The summed E-state index contributed by atoms with van der Waals surface area (Å²) in [5, 5.41) is 0. The molecule has 1 unspecified atom stereocenters. The van der Waals surface area contributed by atoms with Crippen LogP contribution in [0.3, 0.4) is 0 Å². The Balaban J connectivity index is 1.95. The van der Waals surface area contributed by atoms with E-state index in [9.17, 15) is 8.78 Å². The van der Waals surface area contributed by atoms with Crippen molar-refractivity contribution in [1.29, 1.82) is 0 Å². The van der Waals surface area contributed by atoms with Gasteiger partial charge >= 0.3 is 0 Å². The van der Waals surface area contributed by atoms with Gasteiger partial charge in [-0.15, -0.1) is 0 Å². The Morgan fingerprint density at radius 1 is 1.07 bits per heavy atom. The van der Waals surface area contributed by atoms with Crippen LogP contribution in [0, 0.1) is 0 Å². The van der Waals surface area contributed by atoms with Crippen molar-refractivity contribution >= 4 is 0 Å². The van der Waals surface area contributed by atoms with Gasteiger partial charge in [0.1, 0.15) is 0 Å². The zero-order chi connectivity index (χ0) is 10.9. The van der Waals surface area contributed by atoms with Crippen LogP contribution in [0.25, 0.3) is 0 Å². The van der Waals surface area contributed by atoms with Crippen LogP contribution in [0.2, 0.25) is 0 Å². The summed E-state index contributed by atoms with van der Waals surface area (Å²) in [5.74, 6) is -2.50. The minimum Gasteiger partial charge on any atom is -0.376 e. The first-order chi connectivity index (χ1) is 7.02. The molecule has 2 nitrogen and oxygen atoms in total. The summed E-state index contributed by atoms with van der Waals surface area (Å²) >= 11 is 0. The van der Waals surface area contributed by atoms with Gasteiger partial charge in [-0.2, -0.15) is 0 Å². The van der Waals surface area contributed by atoms with E-state index >= 15 is 0 Å². The molecule has 1 atom stereocenters. The molecule has 0 aromatic rings. The summed E-state index contributed by atoms with van der Waals surface area (Å²) in [6.07, 6.45) is 3.75. The number of rotatable bonds is 1. The molecule has 0 radical (unpaired) electrons.